The number of benzene rings is 4. The van der Waals surface area contributed by atoms with Crippen molar-refractivity contribution in [3.8, 4) is 34.1 Å². The monoisotopic (exact) mass is 662 g/mol. The summed E-state index contributed by atoms with van der Waals surface area (Å²) in [5.74, 6) is 1.46. The lowest BCUT2D eigenvalue weighted by atomic mass is 9.82. The molecule has 7 rings (SSSR count). The third-order valence-corrected chi connectivity index (χ3v) is 10.4. The molecule has 2 aliphatic heterocycles. The molecule has 4 aromatic rings. The van der Waals surface area contributed by atoms with Crippen molar-refractivity contribution >= 4 is 11.9 Å². The van der Waals surface area contributed by atoms with Crippen LogP contribution in [0.4, 0.5) is 0 Å². The molecule has 0 atom stereocenters. The third-order valence-electron chi connectivity index (χ3n) is 10.4. The minimum atomic E-state index is -0.441. The van der Waals surface area contributed by atoms with Crippen LogP contribution in [0.1, 0.15) is 72.4 Å². The number of hydrogen-bond donors (Lipinski definition) is 0. The summed E-state index contributed by atoms with van der Waals surface area (Å²) in [6.45, 7) is 12.6. The van der Waals surface area contributed by atoms with E-state index < -0.39 is 17.4 Å². The van der Waals surface area contributed by atoms with Gasteiger partial charge in [-0.15, -0.1) is 0 Å². The Kier molecular flexibility index (Phi) is 8.71. The largest absolute Gasteiger partial charge is 0.493 e. The Morgan fingerprint density at radius 1 is 0.571 bits per heavy atom. The van der Waals surface area contributed by atoms with Crippen LogP contribution in [0.25, 0.3) is 11.1 Å². The van der Waals surface area contributed by atoms with Crippen molar-refractivity contribution in [3.63, 3.8) is 0 Å². The third kappa shape index (κ3) is 6.43. The number of fused-ring (bicyclic) bond motifs is 3. The van der Waals surface area contributed by atoms with E-state index in [4.69, 9.17) is 28.4 Å². The van der Waals surface area contributed by atoms with Gasteiger partial charge in [0, 0.05) is 5.41 Å². The first-order chi connectivity index (χ1) is 23.6. The molecule has 0 amide bonds. The van der Waals surface area contributed by atoms with Crippen LogP contribution in [-0.4, -0.2) is 51.6 Å². The molecule has 2 saturated heterocycles. The SMILES string of the molecule is CCC1(COc2ccc(C(=O)Oc3ccc4c(c3)C(C)(C)c3cc(OC(=O)c5ccc(OCC6(CC)COC6)cc5)ccc3-4)cc2)COC1. The van der Waals surface area contributed by atoms with Gasteiger partial charge in [0.1, 0.15) is 23.0 Å². The summed E-state index contributed by atoms with van der Waals surface area (Å²) in [6, 6.07) is 25.5. The lowest BCUT2D eigenvalue weighted by molar-refractivity contribution is -0.133. The van der Waals surface area contributed by atoms with E-state index in [2.05, 4.69) is 27.7 Å². The van der Waals surface area contributed by atoms with Crippen molar-refractivity contribution in [1.82, 2.24) is 0 Å². The summed E-state index contributed by atoms with van der Waals surface area (Å²) in [6.07, 6.45) is 1.99. The number of carbonyl (C=O) groups excluding carboxylic acids is 2. The summed E-state index contributed by atoms with van der Waals surface area (Å²) in [4.78, 5) is 26.1. The van der Waals surface area contributed by atoms with Crippen LogP contribution in [0.2, 0.25) is 0 Å². The lowest BCUT2D eigenvalue weighted by Crippen LogP contribution is -2.46. The molecule has 0 aromatic heterocycles. The van der Waals surface area contributed by atoms with E-state index in [1.54, 1.807) is 48.5 Å². The fourth-order valence-corrected chi connectivity index (χ4v) is 6.56. The molecule has 2 fully saturated rings. The molecule has 8 nitrogen and oxygen atoms in total. The number of ether oxygens (including phenoxy) is 6. The van der Waals surface area contributed by atoms with Crippen LogP contribution in [-0.2, 0) is 14.9 Å². The highest BCUT2D eigenvalue weighted by atomic mass is 16.5. The standard InChI is InChI=1S/C41H42O8/c1-5-40(21-44-22-40)25-46-29-11-7-27(8-12-29)37(42)48-31-15-17-33-34-18-16-32(20-36(34)39(3,4)35(33)19-31)49-38(43)28-9-13-30(14-10-28)47-26-41(6-2)23-45-24-41/h7-20H,5-6,21-26H2,1-4H3. The molecule has 1 aliphatic carbocycles. The molecule has 2 heterocycles. The van der Waals surface area contributed by atoms with Crippen molar-refractivity contribution in [3.05, 3.63) is 107 Å². The van der Waals surface area contributed by atoms with Gasteiger partial charge in [-0.25, -0.2) is 9.59 Å². The van der Waals surface area contributed by atoms with E-state index in [1.807, 2.05) is 36.4 Å². The fourth-order valence-electron chi connectivity index (χ4n) is 6.56. The van der Waals surface area contributed by atoms with E-state index in [-0.39, 0.29) is 10.8 Å². The van der Waals surface area contributed by atoms with Crippen LogP contribution in [0.3, 0.4) is 0 Å². The molecule has 3 aliphatic rings. The quantitative estimate of drug-likeness (QED) is 0.111. The summed E-state index contributed by atoms with van der Waals surface area (Å²) in [5.41, 5.74) is 4.78. The zero-order valence-corrected chi connectivity index (χ0v) is 28.5. The van der Waals surface area contributed by atoms with Gasteiger partial charge in [-0.3, -0.25) is 0 Å². The van der Waals surface area contributed by atoms with E-state index in [0.717, 1.165) is 35.1 Å². The first-order valence-corrected chi connectivity index (χ1v) is 17.0. The Bertz CT molecular complexity index is 1700. The molecule has 254 valence electrons. The first-order valence-electron chi connectivity index (χ1n) is 17.0. The minimum absolute atomic E-state index is 0.0808. The highest BCUT2D eigenvalue weighted by Gasteiger charge is 2.39. The van der Waals surface area contributed by atoms with Crippen molar-refractivity contribution in [2.75, 3.05) is 39.6 Å². The molecular weight excluding hydrogens is 620 g/mol. The smallest absolute Gasteiger partial charge is 0.343 e. The average molecular weight is 663 g/mol. The Hall–Kier alpha value is -4.66. The molecule has 0 unspecified atom stereocenters. The second-order valence-electron chi connectivity index (χ2n) is 14.1. The van der Waals surface area contributed by atoms with E-state index in [0.29, 0.717) is 73.8 Å². The summed E-state index contributed by atoms with van der Waals surface area (Å²) < 4.78 is 34.3. The molecule has 8 heteroatoms. The van der Waals surface area contributed by atoms with E-state index in [9.17, 15) is 9.59 Å². The van der Waals surface area contributed by atoms with E-state index >= 15 is 0 Å². The van der Waals surface area contributed by atoms with Gasteiger partial charge in [-0.1, -0.05) is 39.8 Å². The lowest BCUT2D eigenvalue weighted by Gasteiger charge is -2.40. The van der Waals surface area contributed by atoms with Gasteiger partial charge in [0.15, 0.2) is 0 Å². The van der Waals surface area contributed by atoms with Crippen molar-refractivity contribution in [1.29, 1.82) is 0 Å². The second kappa shape index (κ2) is 13.0. The molecule has 0 saturated carbocycles. The Morgan fingerprint density at radius 2 is 0.939 bits per heavy atom. The highest BCUT2D eigenvalue weighted by molar-refractivity contribution is 5.92. The molecule has 0 radical (unpaired) electrons. The zero-order valence-electron chi connectivity index (χ0n) is 28.5. The predicted molar refractivity (Wildman–Crippen MR) is 185 cm³/mol. The Morgan fingerprint density at radius 3 is 1.27 bits per heavy atom. The van der Waals surface area contributed by atoms with Gasteiger partial charge < -0.3 is 28.4 Å². The molecule has 49 heavy (non-hydrogen) atoms. The molecular formula is C41H42O8. The summed E-state index contributed by atoms with van der Waals surface area (Å²) in [7, 11) is 0. The molecule has 4 aromatic carbocycles. The van der Waals surface area contributed by atoms with Crippen molar-refractivity contribution < 1.29 is 38.0 Å². The van der Waals surface area contributed by atoms with Crippen molar-refractivity contribution in [2.45, 2.75) is 46.0 Å². The van der Waals surface area contributed by atoms with Gasteiger partial charge >= 0.3 is 11.9 Å². The van der Waals surface area contributed by atoms with Crippen LogP contribution in [0.5, 0.6) is 23.0 Å². The number of hydrogen-bond acceptors (Lipinski definition) is 8. The van der Waals surface area contributed by atoms with Gasteiger partial charge in [-0.05, 0) is 108 Å². The Labute approximate surface area is 287 Å². The van der Waals surface area contributed by atoms with Crippen molar-refractivity contribution in [2.24, 2.45) is 10.8 Å². The Balaban J connectivity index is 0.984. The van der Waals surface area contributed by atoms with Crippen LogP contribution in [0.15, 0.2) is 84.9 Å². The van der Waals surface area contributed by atoms with E-state index in [1.165, 1.54) is 0 Å². The van der Waals surface area contributed by atoms with Gasteiger partial charge in [-0.2, -0.15) is 0 Å². The topological polar surface area (TPSA) is 89.5 Å². The van der Waals surface area contributed by atoms with Gasteiger partial charge in [0.2, 0.25) is 0 Å². The summed E-state index contributed by atoms with van der Waals surface area (Å²) in [5, 5.41) is 0. The molecule has 0 spiro atoms. The normalized spacial score (nSPS) is 17.5. The maximum atomic E-state index is 13.1. The number of carbonyl (C=O) groups is 2. The average Bonchev–Trinajstić information content (AvgIpc) is 3.29. The van der Waals surface area contributed by atoms with Crippen LogP contribution in [0, 0.1) is 10.8 Å². The second-order valence-corrected chi connectivity index (χ2v) is 14.1. The number of esters is 2. The number of rotatable bonds is 12. The maximum Gasteiger partial charge on any atom is 0.343 e. The molecule has 0 bridgehead atoms. The summed E-state index contributed by atoms with van der Waals surface area (Å²) >= 11 is 0. The van der Waals surface area contributed by atoms with Gasteiger partial charge in [0.25, 0.3) is 0 Å². The fraction of sp³-hybridized carbons (Fsp3) is 0.366. The molecule has 0 N–H and O–H groups in total. The van der Waals surface area contributed by atoms with Crippen LogP contribution >= 0.6 is 0 Å². The van der Waals surface area contributed by atoms with Gasteiger partial charge in [0.05, 0.1) is 61.6 Å². The maximum absolute atomic E-state index is 13.1. The predicted octanol–water partition coefficient (Wildman–Crippen LogP) is 8.04. The minimum Gasteiger partial charge on any atom is -0.493 e. The zero-order chi connectivity index (χ0) is 34.2. The van der Waals surface area contributed by atoms with Crippen LogP contribution < -0.4 is 18.9 Å². The highest BCUT2D eigenvalue weighted by Crippen LogP contribution is 2.50. The first kappa shape index (κ1) is 32.9.